The van der Waals surface area contributed by atoms with Gasteiger partial charge in [-0.2, -0.15) is 8.78 Å². The first-order chi connectivity index (χ1) is 12.5. The third-order valence-corrected chi connectivity index (χ3v) is 4.31. The minimum Gasteiger partial charge on any atom is -0.459 e. The Balaban J connectivity index is 1.99. The van der Waals surface area contributed by atoms with E-state index in [-0.39, 0.29) is 11.4 Å². The van der Waals surface area contributed by atoms with Crippen molar-refractivity contribution in [2.45, 2.75) is 32.2 Å². The Kier molecular flexibility index (Phi) is 4.37. The third kappa shape index (κ3) is 3.22. The van der Waals surface area contributed by atoms with Crippen molar-refractivity contribution in [3.63, 3.8) is 0 Å². The van der Waals surface area contributed by atoms with Crippen LogP contribution in [0, 0.1) is 19.7 Å². The molecule has 3 N–H and O–H groups in total. The zero-order valence-electron chi connectivity index (χ0n) is 14.8. The van der Waals surface area contributed by atoms with Gasteiger partial charge in [-0.1, -0.05) is 0 Å². The van der Waals surface area contributed by atoms with Crippen LogP contribution in [0.15, 0.2) is 27.6 Å². The molecule has 2 heterocycles. The first kappa shape index (κ1) is 18.7. The van der Waals surface area contributed by atoms with Gasteiger partial charge in [0.1, 0.15) is 11.6 Å². The molecule has 144 valence electrons. The topological polar surface area (TPSA) is 103 Å². The highest BCUT2D eigenvalue weighted by molar-refractivity contribution is 6.03. The number of nitrogens with zero attached hydrogens (tertiary/aromatic N) is 2. The maximum Gasteiger partial charge on any atom is 0.310 e. The van der Waals surface area contributed by atoms with Crippen LogP contribution in [0.25, 0.3) is 0 Å². The average molecular weight is 382 g/mol. The van der Waals surface area contributed by atoms with Crippen LogP contribution in [0.2, 0.25) is 0 Å². The summed E-state index contributed by atoms with van der Waals surface area (Å²) in [6, 6.07) is 2.83. The lowest BCUT2D eigenvalue weighted by molar-refractivity contribution is -0.117. The molecule has 0 unspecified atom stereocenters. The molecule has 2 aromatic rings. The molecule has 3 rings (SSSR count). The molecule has 1 aliphatic heterocycles. The Labute approximate surface area is 152 Å². The largest absolute Gasteiger partial charge is 0.459 e. The monoisotopic (exact) mass is 382 g/mol. The van der Waals surface area contributed by atoms with Gasteiger partial charge < -0.3 is 20.2 Å². The van der Waals surface area contributed by atoms with Crippen molar-refractivity contribution in [1.29, 1.82) is 0 Å². The molecule has 1 atom stereocenters. The maximum atomic E-state index is 14.4. The molecule has 1 amide bonds. The zero-order chi connectivity index (χ0) is 20.0. The summed E-state index contributed by atoms with van der Waals surface area (Å²) in [5.74, 6) is -4.45. The summed E-state index contributed by atoms with van der Waals surface area (Å²) in [4.78, 5) is 19.9. The number of halogens is 3. The molecule has 1 aromatic carbocycles. The summed E-state index contributed by atoms with van der Waals surface area (Å²) < 4.78 is 53.0. The highest BCUT2D eigenvalue weighted by Crippen LogP contribution is 2.44. The molecular formula is C17H17F3N4O3. The molecule has 0 bridgehead atoms. The minimum absolute atomic E-state index is 0.0447. The Morgan fingerprint density at radius 1 is 1.33 bits per heavy atom. The zero-order valence-corrected chi connectivity index (χ0v) is 14.8. The molecular weight excluding hydrogens is 365 g/mol. The van der Waals surface area contributed by atoms with E-state index in [2.05, 4.69) is 20.0 Å². The van der Waals surface area contributed by atoms with Crippen LogP contribution in [0.5, 0.6) is 0 Å². The molecule has 7 nitrogen and oxygen atoms in total. The fourth-order valence-electron chi connectivity index (χ4n) is 2.80. The fourth-order valence-corrected chi connectivity index (χ4v) is 2.80. The van der Waals surface area contributed by atoms with Crippen LogP contribution in [0.4, 0.5) is 18.9 Å². The lowest BCUT2D eigenvalue weighted by Gasteiger charge is -2.37. The molecule has 1 aliphatic rings. The number of ether oxygens (including phenoxy) is 1. The molecule has 1 aromatic heterocycles. The van der Waals surface area contributed by atoms with Gasteiger partial charge in [0, 0.05) is 18.2 Å². The minimum atomic E-state index is -3.51. The number of anilines is 1. The van der Waals surface area contributed by atoms with Crippen LogP contribution < -0.4 is 11.1 Å². The SMILES string of the molecule is Cc1nc(C(=O)Nc2ccc(F)c([C@@]3(C)N=C(N)OCC3(F)F)c2)c(C)o1. The molecule has 0 fully saturated rings. The predicted octanol–water partition coefficient (Wildman–Crippen LogP) is 2.88. The Morgan fingerprint density at radius 2 is 2.04 bits per heavy atom. The van der Waals surface area contributed by atoms with E-state index in [1.54, 1.807) is 13.8 Å². The van der Waals surface area contributed by atoms with E-state index in [0.717, 1.165) is 19.1 Å². The van der Waals surface area contributed by atoms with E-state index < -0.39 is 41.4 Å². The number of hydrogen-bond donors (Lipinski definition) is 2. The molecule has 0 saturated heterocycles. The summed E-state index contributed by atoms with van der Waals surface area (Å²) in [5.41, 5.74) is 2.83. The maximum absolute atomic E-state index is 14.4. The van der Waals surface area contributed by atoms with Gasteiger partial charge >= 0.3 is 5.92 Å². The lowest BCUT2D eigenvalue weighted by Crippen LogP contribution is -2.51. The number of amidine groups is 1. The van der Waals surface area contributed by atoms with E-state index in [9.17, 15) is 18.0 Å². The van der Waals surface area contributed by atoms with Crippen LogP contribution >= 0.6 is 0 Å². The number of alkyl halides is 2. The first-order valence-electron chi connectivity index (χ1n) is 7.95. The third-order valence-electron chi connectivity index (χ3n) is 4.31. The molecule has 0 aliphatic carbocycles. The van der Waals surface area contributed by atoms with E-state index in [4.69, 9.17) is 10.2 Å². The number of amides is 1. The van der Waals surface area contributed by atoms with E-state index >= 15 is 0 Å². The van der Waals surface area contributed by atoms with Gasteiger partial charge in [-0.05, 0) is 32.0 Å². The summed E-state index contributed by atoms with van der Waals surface area (Å²) in [7, 11) is 0. The molecule has 0 spiro atoms. The number of nitrogens with two attached hydrogens (primary N) is 1. The van der Waals surface area contributed by atoms with Gasteiger partial charge in [0.05, 0.1) is 0 Å². The molecule has 10 heteroatoms. The fraction of sp³-hybridized carbons (Fsp3) is 0.353. The van der Waals surface area contributed by atoms with Crippen molar-refractivity contribution in [3.8, 4) is 0 Å². The smallest absolute Gasteiger partial charge is 0.310 e. The summed E-state index contributed by atoms with van der Waals surface area (Å²) >= 11 is 0. The number of nitrogens with one attached hydrogen (secondary N) is 1. The van der Waals surface area contributed by atoms with Gasteiger partial charge in [0.2, 0.25) is 0 Å². The van der Waals surface area contributed by atoms with Crippen molar-refractivity contribution in [2.24, 2.45) is 10.7 Å². The van der Waals surface area contributed by atoms with Gasteiger partial charge in [0.25, 0.3) is 11.9 Å². The number of hydrogen-bond acceptors (Lipinski definition) is 6. The van der Waals surface area contributed by atoms with Crippen molar-refractivity contribution >= 4 is 17.6 Å². The van der Waals surface area contributed by atoms with Crippen LogP contribution in [-0.2, 0) is 10.3 Å². The van der Waals surface area contributed by atoms with Crippen molar-refractivity contribution < 1.29 is 27.1 Å². The van der Waals surface area contributed by atoms with Crippen LogP contribution in [0.1, 0.15) is 34.6 Å². The normalized spacial score (nSPS) is 21.3. The summed E-state index contributed by atoms with van der Waals surface area (Å²) in [5, 5.41) is 2.49. The van der Waals surface area contributed by atoms with Crippen molar-refractivity contribution in [2.75, 3.05) is 11.9 Å². The van der Waals surface area contributed by atoms with Gasteiger partial charge in [-0.3, -0.25) is 4.79 Å². The van der Waals surface area contributed by atoms with Crippen LogP contribution in [0.3, 0.4) is 0 Å². The number of rotatable bonds is 3. The predicted molar refractivity (Wildman–Crippen MR) is 90.2 cm³/mol. The number of benzene rings is 1. The highest BCUT2D eigenvalue weighted by Gasteiger charge is 2.56. The molecule has 0 radical (unpaired) electrons. The molecule has 27 heavy (non-hydrogen) atoms. The standard InChI is InChI=1S/C17H17F3N4O3/c1-8-13(22-9(2)27-8)14(25)23-10-4-5-12(18)11(6-10)16(3)17(19,20)7-26-15(21)24-16/h4-6H,7H2,1-3H3,(H2,21,24)(H,23,25)/t16-/m1/s1. The van der Waals surface area contributed by atoms with Gasteiger partial charge in [0.15, 0.2) is 23.7 Å². The Morgan fingerprint density at radius 3 is 2.67 bits per heavy atom. The summed E-state index contributed by atoms with van der Waals surface area (Å²) in [6.45, 7) is 3.16. The Bertz CT molecular complexity index is 942. The second-order valence-electron chi connectivity index (χ2n) is 6.30. The van der Waals surface area contributed by atoms with Gasteiger partial charge in [-0.25, -0.2) is 14.4 Å². The molecule has 0 saturated carbocycles. The number of aliphatic imine (C=N–C) groups is 1. The van der Waals surface area contributed by atoms with E-state index in [1.165, 1.54) is 6.07 Å². The van der Waals surface area contributed by atoms with Crippen LogP contribution in [-0.4, -0.2) is 29.4 Å². The quantitative estimate of drug-likeness (QED) is 0.850. The highest BCUT2D eigenvalue weighted by atomic mass is 19.3. The van der Waals surface area contributed by atoms with Gasteiger partial charge in [-0.15, -0.1) is 0 Å². The van der Waals surface area contributed by atoms with Crippen molar-refractivity contribution in [3.05, 3.63) is 46.9 Å². The lowest BCUT2D eigenvalue weighted by atomic mass is 9.85. The first-order valence-corrected chi connectivity index (χ1v) is 7.95. The number of carbonyl (C=O) groups excluding carboxylic acids is 1. The van der Waals surface area contributed by atoms with E-state index in [1.807, 2.05) is 0 Å². The second kappa shape index (κ2) is 6.29. The summed E-state index contributed by atoms with van der Waals surface area (Å²) in [6.07, 6.45) is 0. The van der Waals surface area contributed by atoms with E-state index in [0.29, 0.717) is 11.7 Å². The Hall–Kier alpha value is -3.04. The average Bonchev–Trinajstić information content (AvgIpc) is 2.92. The number of aromatic nitrogens is 1. The number of oxazole rings is 1. The van der Waals surface area contributed by atoms with Crippen molar-refractivity contribution in [1.82, 2.24) is 4.98 Å². The number of aryl methyl sites for hydroxylation is 2. The second-order valence-corrected chi connectivity index (χ2v) is 6.30. The number of carbonyl (C=O) groups is 1.